The van der Waals surface area contributed by atoms with Crippen LogP contribution in [0.25, 0.3) is 0 Å². The highest BCUT2D eigenvalue weighted by Gasteiger charge is 2.56. The third-order valence-electron chi connectivity index (χ3n) is 5.27. The van der Waals surface area contributed by atoms with E-state index in [1.807, 2.05) is 41.5 Å². The zero-order chi connectivity index (χ0) is 15.8. The van der Waals surface area contributed by atoms with Crippen molar-refractivity contribution >= 4 is 0 Å². The van der Waals surface area contributed by atoms with Crippen LogP contribution in [0.3, 0.4) is 0 Å². The van der Waals surface area contributed by atoms with Gasteiger partial charge in [-0.15, -0.1) is 0 Å². The standard InChI is InChI=1S/C13H24.3C2H6/c1-8(2)11-6-10-7-12(9(11)3)13(10,4)5;3*1-2/h8-12H,6-7H2,1-5H3;3*1-2H3. The minimum atomic E-state index is 0.671. The van der Waals surface area contributed by atoms with Crippen LogP contribution in [0.1, 0.15) is 89.0 Å². The molecule has 0 N–H and O–H groups in total. The first-order chi connectivity index (χ1) is 8.94. The van der Waals surface area contributed by atoms with Crippen LogP contribution in [0, 0.1) is 35.0 Å². The number of hydrogen-bond donors (Lipinski definition) is 0. The summed E-state index contributed by atoms with van der Waals surface area (Å²) < 4.78 is 0. The molecule has 4 atom stereocenters. The van der Waals surface area contributed by atoms with E-state index in [1.54, 1.807) is 0 Å². The molecule has 0 nitrogen and oxygen atoms in total. The Morgan fingerprint density at radius 3 is 1.53 bits per heavy atom. The summed E-state index contributed by atoms with van der Waals surface area (Å²) >= 11 is 0. The molecule has 0 spiro atoms. The van der Waals surface area contributed by atoms with E-state index in [9.17, 15) is 0 Å². The third kappa shape index (κ3) is 4.50. The van der Waals surface area contributed by atoms with Crippen molar-refractivity contribution in [3.8, 4) is 0 Å². The Morgan fingerprint density at radius 2 is 1.26 bits per heavy atom. The second-order valence-corrected chi connectivity index (χ2v) is 6.36. The maximum atomic E-state index is 2.49. The summed E-state index contributed by atoms with van der Waals surface area (Å²) in [7, 11) is 0. The molecular formula is C19H42. The van der Waals surface area contributed by atoms with Crippen LogP contribution < -0.4 is 0 Å². The maximum Gasteiger partial charge on any atom is -0.0295 e. The molecule has 0 aromatic rings. The predicted molar refractivity (Wildman–Crippen MR) is 91.5 cm³/mol. The Labute approximate surface area is 124 Å². The van der Waals surface area contributed by atoms with Crippen molar-refractivity contribution in [3.05, 3.63) is 0 Å². The van der Waals surface area contributed by atoms with E-state index in [4.69, 9.17) is 0 Å². The van der Waals surface area contributed by atoms with Gasteiger partial charge in [-0.2, -0.15) is 0 Å². The topological polar surface area (TPSA) is 0 Å². The molecule has 0 heteroatoms. The van der Waals surface area contributed by atoms with Gasteiger partial charge in [-0.25, -0.2) is 0 Å². The van der Waals surface area contributed by atoms with Gasteiger partial charge in [0.25, 0.3) is 0 Å². The number of fused-ring (bicyclic) bond motifs is 2. The molecule has 0 saturated heterocycles. The lowest BCUT2D eigenvalue weighted by Gasteiger charge is -2.63. The van der Waals surface area contributed by atoms with Gasteiger partial charge in [-0.05, 0) is 47.8 Å². The van der Waals surface area contributed by atoms with E-state index in [0.29, 0.717) is 5.41 Å². The summed E-state index contributed by atoms with van der Waals surface area (Å²) in [6.45, 7) is 24.3. The van der Waals surface area contributed by atoms with Crippen molar-refractivity contribution in [2.75, 3.05) is 0 Å². The van der Waals surface area contributed by atoms with Crippen LogP contribution in [-0.2, 0) is 0 Å². The van der Waals surface area contributed by atoms with E-state index >= 15 is 0 Å². The quantitative estimate of drug-likeness (QED) is 0.479. The zero-order valence-electron chi connectivity index (χ0n) is 15.8. The molecule has 2 bridgehead atoms. The van der Waals surface area contributed by atoms with Crippen molar-refractivity contribution in [1.29, 1.82) is 0 Å². The lowest BCUT2D eigenvalue weighted by atomic mass is 9.42. The van der Waals surface area contributed by atoms with Gasteiger partial charge in [0.2, 0.25) is 0 Å². The molecule has 0 aromatic carbocycles. The molecule has 3 saturated carbocycles. The molecule has 0 aromatic heterocycles. The molecule has 0 amide bonds. The van der Waals surface area contributed by atoms with E-state index in [-0.39, 0.29) is 0 Å². The van der Waals surface area contributed by atoms with Crippen molar-refractivity contribution in [1.82, 2.24) is 0 Å². The van der Waals surface area contributed by atoms with E-state index in [0.717, 1.165) is 29.6 Å². The fourth-order valence-electron chi connectivity index (χ4n) is 4.07. The Bertz CT molecular complexity index is 200. The smallest absolute Gasteiger partial charge is 0.0295 e. The summed E-state index contributed by atoms with van der Waals surface area (Å²) in [6.07, 6.45) is 3.03. The Hall–Kier alpha value is 0. The minimum Gasteiger partial charge on any atom is -0.0683 e. The monoisotopic (exact) mass is 270 g/mol. The number of rotatable bonds is 1. The fourth-order valence-corrected chi connectivity index (χ4v) is 4.07. The van der Waals surface area contributed by atoms with Crippen LogP contribution in [0.5, 0.6) is 0 Å². The van der Waals surface area contributed by atoms with Crippen LogP contribution in [-0.4, -0.2) is 0 Å². The molecule has 4 unspecified atom stereocenters. The predicted octanol–water partition coefficient (Wildman–Crippen LogP) is 7.04. The van der Waals surface area contributed by atoms with Crippen molar-refractivity contribution in [3.63, 3.8) is 0 Å². The summed E-state index contributed by atoms with van der Waals surface area (Å²) in [5.74, 6) is 4.95. The SMILES string of the molecule is CC.CC.CC.CC(C)C1CC2CC(C1C)C2(C)C. The zero-order valence-corrected chi connectivity index (χ0v) is 15.8. The second-order valence-electron chi connectivity index (χ2n) is 6.36. The summed E-state index contributed by atoms with van der Waals surface area (Å²) in [5, 5.41) is 0. The molecule has 118 valence electrons. The molecule has 3 aliphatic carbocycles. The molecule has 3 aliphatic rings. The van der Waals surface area contributed by atoms with Crippen LogP contribution in [0.2, 0.25) is 0 Å². The lowest BCUT2D eigenvalue weighted by molar-refractivity contribution is -0.137. The van der Waals surface area contributed by atoms with Gasteiger partial charge in [0, 0.05) is 0 Å². The fraction of sp³-hybridized carbons (Fsp3) is 1.00. The van der Waals surface area contributed by atoms with Gasteiger partial charge in [-0.3, -0.25) is 0 Å². The van der Waals surface area contributed by atoms with Gasteiger partial charge in [0.05, 0.1) is 0 Å². The Morgan fingerprint density at radius 1 is 0.842 bits per heavy atom. The van der Waals surface area contributed by atoms with Crippen molar-refractivity contribution < 1.29 is 0 Å². The molecule has 0 radical (unpaired) electrons. The van der Waals surface area contributed by atoms with Crippen LogP contribution in [0.15, 0.2) is 0 Å². The van der Waals surface area contributed by atoms with E-state index in [2.05, 4.69) is 34.6 Å². The first kappa shape index (κ1) is 21.3. The summed E-state index contributed by atoms with van der Waals surface area (Å²) in [6, 6.07) is 0. The summed E-state index contributed by atoms with van der Waals surface area (Å²) in [5.41, 5.74) is 0.671. The highest BCUT2D eigenvalue weighted by atomic mass is 14.6. The molecule has 19 heavy (non-hydrogen) atoms. The highest BCUT2D eigenvalue weighted by molar-refractivity contribution is 5.05. The van der Waals surface area contributed by atoms with Gasteiger partial charge < -0.3 is 0 Å². The van der Waals surface area contributed by atoms with Crippen LogP contribution >= 0.6 is 0 Å². The largest absolute Gasteiger partial charge is 0.0683 e. The molecule has 3 rings (SSSR count). The van der Waals surface area contributed by atoms with Gasteiger partial charge in [0.1, 0.15) is 0 Å². The highest BCUT2D eigenvalue weighted by Crippen LogP contribution is 2.63. The minimum absolute atomic E-state index is 0.671. The first-order valence-corrected chi connectivity index (χ1v) is 8.94. The molecule has 0 heterocycles. The van der Waals surface area contributed by atoms with Crippen LogP contribution in [0.4, 0.5) is 0 Å². The van der Waals surface area contributed by atoms with E-state index in [1.165, 1.54) is 12.8 Å². The number of hydrogen-bond acceptors (Lipinski definition) is 0. The maximum absolute atomic E-state index is 2.49. The average molecular weight is 271 g/mol. The van der Waals surface area contributed by atoms with Crippen molar-refractivity contribution in [2.24, 2.45) is 35.0 Å². The molecule has 0 aliphatic heterocycles. The average Bonchev–Trinajstić information content (AvgIpc) is 2.44. The van der Waals surface area contributed by atoms with Crippen molar-refractivity contribution in [2.45, 2.75) is 89.0 Å². The Kier molecular flexibility index (Phi) is 11.0. The van der Waals surface area contributed by atoms with Gasteiger partial charge in [0.15, 0.2) is 0 Å². The lowest BCUT2D eigenvalue weighted by Crippen LogP contribution is -2.55. The third-order valence-corrected chi connectivity index (χ3v) is 5.27. The van der Waals surface area contributed by atoms with Gasteiger partial charge in [-0.1, -0.05) is 76.2 Å². The van der Waals surface area contributed by atoms with E-state index < -0.39 is 0 Å². The first-order valence-electron chi connectivity index (χ1n) is 8.94. The second kappa shape index (κ2) is 9.83. The normalized spacial score (nSPS) is 33.5. The Balaban J connectivity index is 0. The molecular weight excluding hydrogens is 228 g/mol. The van der Waals surface area contributed by atoms with Gasteiger partial charge >= 0.3 is 0 Å². The molecule has 3 fully saturated rings. The summed E-state index contributed by atoms with van der Waals surface area (Å²) in [4.78, 5) is 0.